The molecule has 0 N–H and O–H groups in total. The number of hydrogen-bond donors (Lipinski definition) is 0. The Labute approximate surface area is 95.4 Å². The van der Waals surface area contributed by atoms with Crippen molar-refractivity contribution in [2.75, 3.05) is 13.2 Å². The highest BCUT2D eigenvalue weighted by Crippen LogP contribution is 2.39. The molecule has 0 unspecified atom stereocenters. The first-order valence-corrected chi connectivity index (χ1v) is 6.18. The average Bonchev–Trinajstić information content (AvgIpc) is 2.24. The molecule has 1 aliphatic rings. The van der Waals surface area contributed by atoms with Gasteiger partial charge in [-0.2, -0.15) is 13.2 Å². The molecule has 0 aliphatic heterocycles. The Kier molecular flexibility index (Phi) is 5.59. The molecule has 0 saturated heterocycles. The maximum Gasteiger partial charge on any atom is 0.391 e. The van der Waals surface area contributed by atoms with E-state index in [0.29, 0.717) is 25.4 Å². The molecule has 0 aromatic carbocycles. The van der Waals surface area contributed by atoms with Crippen molar-refractivity contribution in [2.24, 2.45) is 11.8 Å². The average molecular weight is 238 g/mol. The normalized spacial score (nSPS) is 27.0. The molecule has 1 saturated carbocycles. The zero-order chi connectivity index (χ0) is 12.0. The Bertz CT molecular complexity index is 183. The number of halogens is 3. The van der Waals surface area contributed by atoms with Gasteiger partial charge in [-0.15, -0.1) is 0 Å². The minimum Gasteiger partial charge on any atom is -0.381 e. The van der Waals surface area contributed by atoms with Gasteiger partial charge in [0, 0.05) is 13.2 Å². The summed E-state index contributed by atoms with van der Waals surface area (Å²) in [5.74, 6) is -0.727. The standard InChI is InChI=1S/C12H21F3O/c1-2-3-8-16-9-10-4-6-11(7-5-10)12(13,14)15/h10-11H,2-9H2,1H3. The van der Waals surface area contributed by atoms with Gasteiger partial charge in [-0.1, -0.05) is 13.3 Å². The summed E-state index contributed by atoms with van der Waals surface area (Å²) in [7, 11) is 0. The van der Waals surface area contributed by atoms with Crippen molar-refractivity contribution in [1.82, 2.24) is 0 Å². The predicted molar refractivity (Wildman–Crippen MR) is 57.2 cm³/mol. The van der Waals surface area contributed by atoms with E-state index in [9.17, 15) is 13.2 Å². The van der Waals surface area contributed by atoms with Crippen molar-refractivity contribution >= 4 is 0 Å². The van der Waals surface area contributed by atoms with Crippen LogP contribution in [0.15, 0.2) is 0 Å². The fourth-order valence-electron chi connectivity index (χ4n) is 2.15. The summed E-state index contributed by atoms with van der Waals surface area (Å²) in [6, 6.07) is 0. The van der Waals surface area contributed by atoms with Crippen LogP contribution in [0.5, 0.6) is 0 Å². The van der Waals surface area contributed by atoms with Crippen LogP contribution in [0.4, 0.5) is 13.2 Å². The first-order valence-electron chi connectivity index (χ1n) is 6.18. The molecule has 96 valence electrons. The molecule has 0 aromatic rings. The molecule has 1 aliphatic carbocycles. The number of hydrogen-bond acceptors (Lipinski definition) is 1. The van der Waals surface area contributed by atoms with Crippen LogP contribution in [0.3, 0.4) is 0 Å². The van der Waals surface area contributed by atoms with Crippen molar-refractivity contribution in [2.45, 2.75) is 51.6 Å². The third kappa shape index (κ3) is 4.73. The van der Waals surface area contributed by atoms with Crippen molar-refractivity contribution in [3.05, 3.63) is 0 Å². The van der Waals surface area contributed by atoms with Gasteiger partial charge in [0.1, 0.15) is 0 Å². The summed E-state index contributed by atoms with van der Waals surface area (Å²) in [5.41, 5.74) is 0. The Morgan fingerprint density at radius 3 is 2.25 bits per heavy atom. The van der Waals surface area contributed by atoms with Crippen molar-refractivity contribution in [3.63, 3.8) is 0 Å². The van der Waals surface area contributed by atoms with Gasteiger partial charge in [0.15, 0.2) is 0 Å². The van der Waals surface area contributed by atoms with Gasteiger partial charge in [-0.3, -0.25) is 0 Å². The van der Waals surface area contributed by atoms with Crippen molar-refractivity contribution in [3.8, 4) is 0 Å². The summed E-state index contributed by atoms with van der Waals surface area (Å²) in [6.45, 7) is 3.48. The number of unbranched alkanes of at least 4 members (excludes halogenated alkanes) is 1. The molecule has 0 atom stereocenters. The largest absolute Gasteiger partial charge is 0.391 e. The molecule has 0 heterocycles. The van der Waals surface area contributed by atoms with E-state index in [0.717, 1.165) is 19.4 Å². The molecule has 0 spiro atoms. The summed E-state index contributed by atoms with van der Waals surface area (Å²) >= 11 is 0. The van der Waals surface area contributed by atoms with E-state index >= 15 is 0 Å². The van der Waals surface area contributed by atoms with E-state index in [1.807, 2.05) is 0 Å². The van der Waals surface area contributed by atoms with Gasteiger partial charge in [0.2, 0.25) is 0 Å². The smallest absolute Gasteiger partial charge is 0.381 e. The zero-order valence-electron chi connectivity index (χ0n) is 9.85. The van der Waals surface area contributed by atoms with E-state index < -0.39 is 12.1 Å². The highest BCUT2D eigenvalue weighted by atomic mass is 19.4. The number of rotatable bonds is 5. The van der Waals surface area contributed by atoms with E-state index in [2.05, 4.69) is 6.92 Å². The van der Waals surface area contributed by atoms with Crippen molar-refractivity contribution in [1.29, 1.82) is 0 Å². The number of alkyl halides is 3. The molecule has 1 nitrogen and oxygen atoms in total. The van der Waals surface area contributed by atoms with Crippen LogP contribution in [0.2, 0.25) is 0 Å². The monoisotopic (exact) mass is 238 g/mol. The lowest BCUT2D eigenvalue weighted by Gasteiger charge is -2.29. The minimum atomic E-state index is -3.99. The fourth-order valence-corrected chi connectivity index (χ4v) is 2.15. The predicted octanol–water partition coefficient (Wildman–Crippen LogP) is 4.17. The Morgan fingerprint density at radius 2 is 1.75 bits per heavy atom. The van der Waals surface area contributed by atoms with E-state index in [1.54, 1.807) is 0 Å². The lowest BCUT2D eigenvalue weighted by Crippen LogP contribution is -2.29. The van der Waals surface area contributed by atoms with Gasteiger partial charge in [0.05, 0.1) is 5.92 Å². The SMILES string of the molecule is CCCCOCC1CCC(C(F)(F)F)CC1. The maximum absolute atomic E-state index is 12.4. The molecule has 1 rings (SSSR count). The van der Waals surface area contributed by atoms with Crippen LogP contribution in [-0.2, 0) is 4.74 Å². The minimum absolute atomic E-state index is 0.283. The summed E-state index contributed by atoms with van der Waals surface area (Å²) in [4.78, 5) is 0. The molecule has 4 heteroatoms. The maximum atomic E-state index is 12.4. The molecular weight excluding hydrogens is 217 g/mol. The van der Waals surface area contributed by atoms with E-state index in [4.69, 9.17) is 4.74 Å². The second-order valence-electron chi connectivity index (χ2n) is 4.69. The molecule has 0 aromatic heterocycles. The van der Waals surface area contributed by atoms with E-state index in [1.165, 1.54) is 0 Å². The topological polar surface area (TPSA) is 9.23 Å². The third-order valence-corrected chi connectivity index (χ3v) is 3.31. The van der Waals surface area contributed by atoms with Crippen LogP contribution < -0.4 is 0 Å². The molecule has 0 amide bonds. The molecule has 16 heavy (non-hydrogen) atoms. The van der Waals surface area contributed by atoms with Crippen LogP contribution >= 0.6 is 0 Å². The fraction of sp³-hybridized carbons (Fsp3) is 1.00. The summed E-state index contributed by atoms with van der Waals surface area (Å²) < 4.78 is 42.6. The van der Waals surface area contributed by atoms with Gasteiger partial charge in [-0.25, -0.2) is 0 Å². The lowest BCUT2D eigenvalue weighted by molar-refractivity contribution is -0.184. The lowest BCUT2D eigenvalue weighted by atomic mass is 9.82. The highest BCUT2D eigenvalue weighted by Gasteiger charge is 2.41. The van der Waals surface area contributed by atoms with Gasteiger partial charge < -0.3 is 4.74 Å². The Balaban J connectivity index is 2.12. The quantitative estimate of drug-likeness (QED) is 0.653. The van der Waals surface area contributed by atoms with E-state index in [-0.39, 0.29) is 12.8 Å². The van der Waals surface area contributed by atoms with Crippen LogP contribution in [0.1, 0.15) is 45.4 Å². The van der Waals surface area contributed by atoms with Gasteiger partial charge >= 0.3 is 6.18 Å². The summed E-state index contributed by atoms with van der Waals surface area (Å²) in [6.07, 6.45) is 0.0377. The highest BCUT2D eigenvalue weighted by molar-refractivity contribution is 4.76. The molecule has 1 fully saturated rings. The molecule has 0 radical (unpaired) electrons. The third-order valence-electron chi connectivity index (χ3n) is 3.31. The number of ether oxygens (including phenoxy) is 1. The van der Waals surface area contributed by atoms with Gasteiger partial charge in [-0.05, 0) is 38.0 Å². The first-order chi connectivity index (χ1) is 7.54. The second kappa shape index (κ2) is 6.48. The second-order valence-corrected chi connectivity index (χ2v) is 4.69. The summed E-state index contributed by atoms with van der Waals surface area (Å²) in [5, 5.41) is 0. The van der Waals surface area contributed by atoms with Gasteiger partial charge in [0.25, 0.3) is 0 Å². The van der Waals surface area contributed by atoms with Crippen LogP contribution in [0, 0.1) is 11.8 Å². The Hall–Kier alpha value is -0.250. The Morgan fingerprint density at radius 1 is 1.12 bits per heavy atom. The van der Waals surface area contributed by atoms with Crippen molar-refractivity contribution < 1.29 is 17.9 Å². The molecule has 0 bridgehead atoms. The molecular formula is C12H21F3O. The zero-order valence-corrected chi connectivity index (χ0v) is 9.85. The first kappa shape index (κ1) is 13.8. The van der Waals surface area contributed by atoms with Crippen LogP contribution in [-0.4, -0.2) is 19.4 Å². The van der Waals surface area contributed by atoms with Crippen LogP contribution in [0.25, 0.3) is 0 Å².